The molecule has 0 saturated carbocycles. The number of nitrogens with one attached hydrogen (secondary N) is 1. The number of nitrogens with zero attached hydrogens (tertiary/aromatic N) is 1. The number of anilines is 1. The van der Waals surface area contributed by atoms with E-state index >= 15 is 0 Å². The van der Waals surface area contributed by atoms with E-state index < -0.39 is 0 Å². The number of urea groups is 1. The number of nitrogens with two attached hydrogens (primary N) is 1. The van der Waals surface area contributed by atoms with E-state index in [1.165, 1.54) is 5.56 Å². The van der Waals surface area contributed by atoms with Crippen molar-refractivity contribution in [3.63, 3.8) is 0 Å². The Morgan fingerprint density at radius 2 is 1.67 bits per heavy atom. The third-order valence-corrected chi connectivity index (χ3v) is 4.69. The normalized spacial score (nSPS) is 15.2. The minimum atomic E-state index is 0.0324. The average Bonchev–Trinajstić information content (AvgIpc) is 2.62. The zero-order chi connectivity index (χ0) is 16.8. The first-order valence-corrected chi connectivity index (χ1v) is 8.62. The van der Waals surface area contributed by atoms with Crippen LogP contribution in [0.3, 0.4) is 0 Å². The van der Waals surface area contributed by atoms with Gasteiger partial charge in [0.25, 0.3) is 0 Å². The second-order valence-corrected chi connectivity index (χ2v) is 6.52. The molecule has 1 heterocycles. The van der Waals surface area contributed by atoms with Crippen LogP contribution in [0.4, 0.5) is 10.5 Å². The highest BCUT2D eigenvalue weighted by atomic mass is 16.2. The first kappa shape index (κ1) is 16.4. The van der Waals surface area contributed by atoms with Gasteiger partial charge in [0.15, 0.2) is 0 Å². The van der Waals surface area contributed by atoms with Crippen molar-refractivity contribution in [2.75, 3.05) is 18.8 Å². The van der Waals surface area contributed by atoms with Gasteiger partial charge in [-0.3, -0.25) is 0 Å². The van der Waals surface area contributed by atoms with Crippen molar-refractivity contribution < 1.29 is 4.79 Å². The summed E-state index contributed by atoms with van der Waals surface area (Å²) in [6.07, 6.45) is 3.26. The van der Waals surface area contributed by atoms with Gasteiger partial charge in [-0.25, -0.2) is 4.79 Å². The fourth-order valence-corrected chi connectivity index (χ4v) is 3.21. The van der Waals surface area contributed by atoms with Crippen LogP contribution in [0, 0.1) is 5.92 Å². The molecule has 1 saturated heterocycles. The van der Waals surface area contributed by atoms with E-state index in [4.69, 9.17) is 5.73 Å². The van der Waals surface area contributed by atoms with Crippen LogP contribution in [-0.2, 0) is 13.0 Å². The highest BCUT2D eigenvalue weighted by Crippen LogP contribution is 2.21. The molecule has 4 nitrogen and oxygen atoms in total. The molecule has 0 spiro atoms. The van der Waals surface area contributed by atoms with Crippen molar-refractivity contribution in [2.24, 2.45) is 5.92 Å². The van der Waals surface area contributed by atoms with Gasteiger partial charge in [0.2, 0.25) is 0 Å². The van der Waals surface area contributed by atoms with Gasteiger partial charge in [0.05, 0.1) is 0 Å². The van der Waals surface area contributed by atoms with Crippen LogP contribution in [0.5, 0.6) is 0 Å². The van der Waals surface area contributed by atoms with E-state index in [1.54, 1.807) is 0 Å². The number of carbonyl (C=O) groups excluding carboxylic acids is 1. The van der Waals surface area contributed by atoms with Crippen LogP contribution in [0.15, 0.2) is 54.6 Å². The van der Waals surface area contributed by atoms with Crippen molar-refractivity contribution in [3.05, 3.63) is 65.7 Å². The fraction of sp³-hybridized carbons (Fsp3) is 0.350. The van der Waals surface area contributed by atoms with E-state index in [2.05, 4.69) is 35.6 Å². The molecule has 4 heteroatoms. The number of amides is 2. The second-order valence-electron chi connectivity index (χ2n) is 6.52. The summed E-state index contributed by atoms with van der Waals surface area (Å²) in [7, 11) is 0. The van der Waals surface area contributed by atoms with Crippen LogP contribution in [-0.4, -0.2) is 24.0 Å². The molecule has 0 unspecified atom stereocenters. The molecule has 0 bridgehead atoms. The molecule has 1 aliphatic rings. The van der Waals surface area contributed by atoms with Crippen LogP contribution in [0.1, 0.15) is 24.0 Å². The maximum Gasteiger partial charge on any atom is 0.317 e. The Bertz CT molecular complexity index is 646. The number of hydrogen-bond acceptors (Lipinski definition) is 2. The van der Waals surface area contributed by atoms with Gasteiger partial charge >= 0.3 is 6.03 Å². The maximum atomic E-state index is 12.3. The van der Waals surface area contributed by atoms with Gasteiger partial charge in [-0.2, -0.15) is 0 Å². The maximum absolute atomic E-state index is 12.3. The van der Waals surface area contributed by atoms with E-state index in [9.17, 15) is 4.79 Å². The topological polar surface area (TPSA) is 58.4 Å². The quantitative estimate of drug-likeness (QED) is 0.847. The van der Waals surface area contributed by atoms with E-state index in [0.717, 1.165) is 43.6 Å². The third kappa shape index (κ3) is 4.51. The fourth-order valence-electron chi connectivity index (χ4n) is 3.21. The summed E-state index contributed by atoms with van der Waals surface area (Å²) in [5, 5.41) is 3.00. The number of nitrogen functional groups attached to an aromatic ring is 1. The van der Waals surface area contributed by atoms with Crippen molar-refractivity contribution in [1.29, 1.82) is 0 Å². The zero-order valence-electron chi connectivity index (χ0n) is 13.9. The SMILES string of the molecule is Nc1ccc(CNC(=O)N2CCC(Cc3ccccc3)CC2)cc1. The van der Waals surface area contributed by atoms with Crippen LogP contribution >= 0.6 is 0 Å². The van der Waals surface area contributed by atoms with Crippen molar-refractivity contribution in [1.82, 2.24) is 10.2 Å². The molecule has 1 aliphatic heterocycles. The predicted octanol–water partition coefficient (Wildman–Crippen LogP) is 3.43. The Kier molecular flexibility index (Phi) is 5.36. The standard InChI is InChI=1S/C20H25N3O/c21-19-8-6-18(7-9-19)15-22-20(24)23-12-10-17(11-13-23)14-16-4-2-1-3-5-16/h1-9,17H,10-15,21H2,(H,22,24). The number of hydrogen-bond donors (Lipinski definition) is 2. The first-order valence-electron chi connectivity index (χ1n) is 8.62. The zero-order valence-corrected chi connectivity index (χ0v) is 13.9. The Balaban J connectivity index is 1.42. The van der Waals surface area contributed by atoms with Crippen molar-refractivity contribution in [2.45, 2.75) is 25.8 Å². The van der Waals surface area contributed by atoms with Gasteiger partial charge in [-0.15, -0.1) is 0 Å². The van der Waals surface area contributed by atoms with E-state index in [0.29, 0.717) is 12.5 Å². The predicted molar refractivity (Wildman–Crippen MR) is 97.5 cm³/mol. The summed E-state index contributed by atoms with van der Waals surface area (Å²) < 4.78 is 0. The molecule has 126 valence electrons. The summed E-state index contributed by atoms with van der Waals surface area (Å²) in [6.45, 7) is 2.22. The number of rotatable bonds is 4. The monoisotopic (exact) mass is 323 g/mol. The van der Waals surface area contributed by atoms with Gasteiger partial charge < -0.3 is 16.0 Å². The summed E-state index contributed by atoms with van der Waals surface area (Å²) in [5.41, 5.74) is 8.87. The number of carbonyl (C=O) groups is 1. The lowest BCUT2D eigenvalue weighted by Gasteiger charge is -2.32. The lowest BCUT2D eigenvalue weighted by Crippen LogP contribution is -2.44. The van der Waals surface area contributed by atoms with Crippen molar-refractivity contribution in [3.8, 4) is 0 Å². The molecule has 2 aromatic carbocycles. The third-order valence-electron chi connectivity index (χ3n) is 4.69. The number of likely N-dealkylation sites (tertiary alicyclic amines) is 1. The first-order chi connectivity index (χ1) is 11.7. The molecule has 0 aliphatic carbocycles. The van der Waals surface area contributed by atoms with Crippen molar-refractivity contribution >= 4 is 11.7 Å². The van der Waals surface area contributed by atoms with Crippen LogP contribution in [0.2, 0.25) is 0 Å². The molecule has 3 N–H and O–H groups in total. The highest BCUT2D eigenvalue weighted by Gasteiger charge is 2.22. The molecule has 3 rings (SSSR count). The summed E-state index contributed by atoms with van der Waals surface area (Å²) in [6, 6.07) is 18.3. The largest absolute Gasteiger partial charge is 0.399 e. The molecule has 0 radical (unpaired) electrons. The van der Waals surface area contributed by atoms with E-state index in [-0.39, 0.29) is 6.03 Å². The minimum absolute atomic E-state index is 0.0324. The van der Waals surface area contributed by atoms with Crippen LogP contribution in [0.25, 0.3) is 0 Å². The Hall–Kier alpha value is -2.49. The lowest BCUT2D eigenvalue weighted by molar-refractivity contribution is 0.170. The number of piperidine rings is 1. The Morgan fingerprint density at radius 1 is 1.00 bits per heavy atom. The van der Waals surface area contributed by atoms with Gasteiger partial charge in [-0.05, 0) is 48.4 Å². The molecule has 2 amide bonds. The van der Waals surface area contributed by atoms with Gasteiger partial charge in [-0.1, -0.05) is 42.5 Å². The summed E-state index contributed by atoms with van der Waals surface area (Å²) >= 11 is 0. The Morgan fingerprint density at radius 3 is 2.33 bits per heavy atom. The Labute approximate surface area is 143 Å². The molecule has 24 heavy (non-hydrogen) atoms. The molecular formula is C20H25N3O. The minimum Gasteiger partial charge on any atom is -0.399 e. The molecular weight excluding hydrogens is 298 g/mol. The molecule has 0 aromatic heterocycles. The second kappa shape index (κ2) is 7.86. The smallest absolute Gasteiger partial charge is 0.317 e. The lowest BCUT2D eigenvalue weighted by atomic mass is 9.90. The number of benzene rings is 2. The highest BCUT2D eigenvalue weighted by molar-refractivity contribution is 5.74. The summed E-state index contributed by atoms with van der Waals surface area (Å²) in [4.78, 5) is 14.2. The van der Waals surface area contributed by atoms with Gasteiger partial charge in [0.1, 0.15) is 0 Å². The van der Waals surface area contributed by atoms with Gasteiger partial charge in [0, 0.05) is 25.3 Å². The molecule has 2 aromatic rings. The summed E-state index contributed by atoms with van der Waals surface area (Å²) in [5.74, 6) is 0.675. The van der Waals surface area contributed by atoms with E-state index in [1.807, 2.05) is 29.2 Å². The van der Waals surface area contributed by atoms with Crippen LogP contribution < -0.4 is 11.1 Å². The molecule has 0 atom stereocenters. The average molecular weight is 323 g/mol. The molecule has 1 fully saturated rings.